The lowest BCUT2D eigenvalue weighted by atomic mass is 9.70. The van der Waals surface area contributed by atoms with E-state index in [1.807, 2.05) is 12.1 Å². The normalized spacial score (nSPS) is 29.5. The number of benzene rings is 2. The molecule has 5 atom stereocenters. The molecule has 32 heavy (non-hydrogen) atoms. The molecular weight excluding hydrogens is 426 g/mol. The molecule has 164 valence electrons. The van der Waals surface area contributed by atoms with Crippen molar-refractivity contribution in [2.45, 2.75) is 35.6 Å². The maximum Gasteiger partial charge on any atom is 0.269 e. The van der Waals surface area contributed by atoms with E-state index in [1.54, 1.807) is 24.3 Å². The fraction of sp³-hybridized carbons (Fsp3) is 0.333. The van der Waals surface area contributed by atoms with Gasteiger partial charge < -0.3 is 4.90 Å². The van der Waals surface area contributed by atoms with Crippen LogP contribution in [0.3, 0.4) is 0 Å². The molecule has 0 radical (unpaired) electrons. The van der Waals surface area contributed by atoms with E-state index >= 15 is 0 Å². The van der Waals surface area contributed by atoms with Gasteiger partial charge in [-0.1, -0.05) is 36.4 Å². The molecule has 2 aromatic rings. The highest BCUT2D eigenvalue weighted by Crippen LogP contribution is 2.59. The van der Waals surface area contributed by atoms with Crippen molar-refractivity contribution in [3.8, 4) is 0 Å². The highest BCUT2D eigenvalue weighted by Gasteiger charge is 2.48. The second kappa shape index (κ2) is 6.76. The van der Waals surface area contributed by atoms with Gasteiger partial charge in [-0.05, 0) is 53.5 Å². The van der Waals surface area contributed by atoms with E-state index in [0.717, 1.165) is 41.8 Å². The number of fused-ring (bicyclic) bond motifs is 4. The third-order valence-corrected chi connectivity index (χ3v) is 8.49. The number of nitrogens with two attached hydrogens (primary N) is 1. The van der Waals surface area contributed by atoms with Crippen molar-refractivity contribution in [3.63, 3.8) is 0 Å². The van der Waals surface area contributed by atoms with E-state index in [0.29, 0.717) is 5.92 Å². The van der Waals surface area contributed by atoms with Crippen molar-refractivity contribution in [1.29, 1.82) is 0 Å². The number of allylic oxidation sites excluding steroid dienone is 4. The fourth-order valence-electron chi connectivity index (χ4n) is 6.28. The Morgan fingerprint density at radius 2 is 1.66 bits per heavy atom. The van der Waals surface area contributed by atoms with Gasteiger partial charge >= 0.3 is 0 Å². The molecule has 0 amide bonds. The number of sulfonamides is 1. The molecule has 0 bridgehead atoms. The molecule has 2 N–H and O–H groups in total. The van der Waals surface area contributed by atoms with Crippen molar-refractivity contribution in [2.75, 3.05) is 11.4 Å². The standard InChI is InChI=1S/C24H23N3O4S/c25-32(30,31)17-11-21-18-4-1-3-15(18)13-26-23(14-7-9-16(10-8-14)27(28)29)20-6-2-5-19(20)22(12-17)24(21)26/h1-2,4-5,7-12,15,18-20,23H,3,6,13H2,(H2,25,30,31)/t15-,18-,19-,20+,23+/m1/s1. The minimum atomic E-state index is -3.83. The van der Waals surface area contributed by atoms with Crippen LogP contribution in [0, 0.1) is 22.0 Å². The summed E-state index contributed by atoms with van der Waals surface area (Å²) >= 11 is 0. The van der Waals surface area contributed by atoms with Crippen molar-refractivity contribution in [2.24, 2.45) is 17.0 Å². The lowest BCUT2D eigenvalue weighted by Crippen LogP contribution is -2.46. The molecule has 6 rings (SSSR count). The fourth-order valence-corrected chi connectivity index (χ4v) is 6.87. The largest absolute Gasteiger partial charge is 0.363 e. The Morgan fingerprint density at radius 3 is 2.34 bits per heavy atom. The maximum atomic E-state index is 12.3. The van der Waals surface area contributed by atoms with Crippen LogP contribution in [0.4, 0.5) is 11.4 Å². The average Bonchev–Trinajstić information content (AvgIpc) is 3.43. The number of hydrogen-bond donors (Lipinski definition) is 1. The van der Waals surface area contributed by atoms with Gasteiger partial charge in [0.2, 0.25) is 10.0 Å². The summed E-state index contributed by atoms with van der Waals surface area (Å²) in [6.07, 6.45) is 10.6. The number of rotatable bonds is 3. The van der Waals surface area contributed by atoms with Crippen LogP contribution in [-0.2, 0) is 10.0 Å². The summed E-state index contributed by atoms with van der Waals surface area (Å²) in [4.78, 5) is 13.4. The molecule has 8 heteroatoms. The Bertz CT molecular complexity index is 1280. The topological polar surface area (TPSA) is 107 Å². The summed E-state index contributed by atoms with van der Waals surface area (Å²) in [6, 6.07) is 10.5. The van der Waals surface area contributed by atoms with Crippen LogP contribution in [0.2, 0.25) is 0 Å². The summed E-state index contributed by atoms with van der Waals surface area (Å²) < 4.78 is 24.6. The van der Waals surface area contributed by atoms with Crippen LogP contribution in [0.25, 0.3) is 0 Å². The Balaban J connectivity index is 1.57. The van der Waals surface area contributed by atoms with Crippen LogP contribution < -0.4 is 10.0 Å². The monoisotopic (exact) mass is 449 g/mol. The first kappa shape index (κ1) is 19.7. The molecule has 0 spiro atoms. The van der Waals surface area contributed by atoms with Crippen molar-refractivity contribution in [1.82, 2.24) is 0 Å². The van der Waals surface area contributed by atoms with Gasteiger partial charge in [-0.3, -0.25) is 10.1 Å². The van der Waals surface area contributed by atoms with E-state index in [4.69, 9.17) is 5.14 Å². The van der Waals surface area contributed by atoms with Gasteiger partial charge in [0.25, 0.3) is 5.69 Å². The zero-order valence-electron chi connectivity index (χ0n) is 17.3. The number of nitro groups is 1. The van der Waals surface area contributed by atoms with E-state index in [-0.39, 0.29) is 39.3 Å². The predicted molar refractivity (Wildman–Crippen MR) is 121 cm³/mol. The summed E-state index contributed by atoms with van der Waals surface area (Å²) in [5.41, 5.74) is 4.32. The molecule has 2 aliphatic heterocycles. The SMILES string of the molecule is NS(=O)(=O)c1cc2c3c(c1)[C@@H]1C=CC[C@@H]1[C@H](c1ccc([N+](=O)[O-])cc1)N3C[C@H]1CC=C[C@@H]21. The number of nitro benzene ring substituents is 1. The van der Waals surface area contributed by atoms with Gasteiger partial charge in [0, 0.05) is 36.2 Å². The quantitative estimate of drug-likeness (QED) is 0.431. The summed E-state index contributed by atoms with van der Waals surface area (Å²) in [5.74, 6) is 0.876. The number of hydrogen-bond acceptors (Lipinski definition) is 5. The maximum absolute atomic E-state index is 12.3. The second-order valence-corrected chi connectivity index (χ2v) is 10.8. The molecule has 0 aromatic heterocycles. The average molecular weight is 450 g/mol. The Labute approximate surface area is 186 Å². The molecule has 0 saturated heterocycles. The van der Waals surface area contributed by atoms with E-state index in [9.17, 15) is 18.5 Å². The minimum Gasteiger partial charge on any atom is -0.363 e. The molecule has 2 heterocycles. The zero-order valence-corrected chi connectivity index (χ0v) is 18.1. The van der Waals surface area contributed by atoms with Crippen molar-refractivity contribution in [3.05, 3.63) is 87.5 Å². The minimum absolute atomic E-state index is 0.0731. The van der Waals surface area contributed by atoms with Crippen LogP contribution in [0.15, 0.2) is 65.6 Å². The van der Waals surface area contributed by atoms with Crippen LogP contribution >= 0.6 is 0 Å². The van der Waals surface area contributed by atoms with E-state index in [1.165, 1.54) is 0 Å². The number of non-ortho nitro benzene ring substituents is 1. The van der Waals surface area contributed by atoms with Gasteiger partial charge in [0.05, 0.1) is 15.9 Å². The molecule has 2 aliphatic carbocycles. The van der Waals surface area contributed by atoms with Crippen LogP contribution in [-0.4, -0.2) is 19.9 Å². The van der Waals surface area contributed by atoms with Gasteiger partial charge in [0.15, 0.2) is 0 Å². The first-order valence-corrected chi connectivity index (χ1v) is 12.4. The summed E-state index contributed by atoms with van der Waals surface area (Å²) in [5, 5.41) is 16.7. The van der Waals surface area contributed by atoms with Gasteiger partial charge in [-0.25, -0.2) is 13.6 Å². The van der Waals surface area contributed by atoms with Crippen molar-refractivity contribution < 1.29 is 13.3 Å². The zero-order chi connectivity index (χ0) is 22.2. The number of anilines is 1. The van der Waals surface area contributed by atoms with Crippen molar-refractivity contribution >= 4 is 21.4 Å². The number of primary sulfonamides is 1. The third-order valence-electron chi connectivity index (χ3n) is 7.60. The van der Waals surface area contributed by atoms with E-state index < -0.39 is 10.0 Å². The smallest absolute Gasteiger partial charge is 0.269 e. The number of nitrogens with zero attached hydrogens (tertiary/aromatic N) is 2. The molecule has 7 nitrogen and oxygen atoms in total. The van der Waals surface area contributed by atoms with Gasteiger partial charge in [-0.15, -0.1) is 0 Å². The van der Waals surface area contributed by atoms with Gasteiger partial charge in [-0.2, -0.15) is 0 Å². The summed E-state index contributed by atoms with van der Waals surface area (Å²) in [7, 11) is -3.83. The highest BCUT2D eigenvalue weighted by atomic mass is 32.2. The Hall–Kier alpha value is -2.97. The molecule has 2 aromatic carbocycles. The lowest BCUT2D eigenvalue weighted by molar-refractivity contribution is -0.384. The first-order chi connectivity index (χ1) is 15.3. The van der Waals surface area contributed by atoms with Gasteiger partial charge in [0.1, 0.15) is 0 Å². The second-order valence-electron chi connectivity index (χ2n) is 9.24. The lowest BCUT2D eigenvalue weighted by Gasteiger charge is -2.51. The Kier molecular flexibility index (Phi) is 4.16. The molecule has 4 aliphatic rings. The van der Waals surface area contributed by atoms with E-state index in [2.05, 4.69) is 29.2 Å². The molecule has 0 fully saturated rings. The van der Waals surface area contributed by atoms with Crippen LogP contribution in [0.5, 0.6) is 0 Å². The summed E-state index contributed by atoms with van der Waals surface area (Å²) in [6.45, 7) is 0.872. The molecule has 0 unspecified atom stereocenters. The molecule has 0 saturated carbocycles. The highest BCUT2D eigenvalue weighted by molar-refractivity contribution is 7.89. The predicted octanol–water partition coefficient (Wildman–Crippen LogP) is 4.14. The molecular formula is C24H23N3O4S. The van der Waals surface area contributed by atoms with Crippen LogP contribution in [0.1, 0.15) is 47.4 Å². The first-order valence-electron chi connectivity index (χ1n) is 10.9. The third kappa shape index (κ3) is 2.79. The Morgan fingerprint density at radius 1 is 1.00 bits per heavy atom.